The summed E-state index contributed by atoms with van der Waals surface area (Å²) >= 11 is 0. The number of benzene rings is 1. The molecule has 1 heterocycles. The van der Waals surface area contributed by atoms with Crippen LogP contribution in [0.5, 0.6) is 0 Å². The predicted octanol–water partition coefficient (Wildman–Crippen LogP) is 2.94. The van der Waals surface area contributed by atoms with Crippen molar-refractivity contribution in [3.63, 3.8) is 0 Å². The Kier molecular flexibility index (Phi) is 2.12. The summed E-state index contributed by atoms with van der Waals surface area (Å²) in [6, 6.07) is 10.2. The van der Waals surface area contributed by atoms with Crippen LogP contribution in [-0.4, -0.2) is 4.98 Å². The Bertz CT molecular complexity index is 461. The second-order valence-electron chi connectivity index (χ2n) is 3.81. The maximum Gasteiger partial charge on any atom is 0.127 e. The van der Waals surface area contributed by atoms with Crippen molar-refractivity contribution in [1.29, 1.82) is 0 Å². The number of nitrogens with two attached hydrogens (primary N) is 1. The molecule has 0 fully saturated rings. The lowest BCUT2D eigenvalue weighted by Gasteiger charge is -2.09. The van der Waals surface area contributed by atoms with E-state index < -0.39 is 0 Å². The number of hydrogen-bond donors (Lipinski definition) is 1. The van der Waals surface area contributed by atoms with Crippen LogP contribution in [0.4, 0.5) is 5.82 Å². The zero-order chi connectivity index (χ0) is 10.1. The molecular weight excluding hydrogens is 172 g/mol. The summed E-state index contributed by atoms with van der Waals surface area (Å²) in [5.74, 6) is 1.07. The van der Waals surface area contributed by atoms with E-state index in [0.29, 0.717) is 11.7 Å². The highest BCUT2D eigenvalue weighted by atomic mass is 14.8. The van der Waals surface area contributed by atoms with Crippen LogP contribution in [0.1, 0.15) is 25.3 Å². The Morgan fingerprint density at radius 2 is 1.93 bits per heavy atom. The van der Waals surface area contributed by atoms with Gasteiger partial charge >= 0.3 is 0 Å². The van der Waals surface area contributed by atoms with Crippen molar-refractivity contribution in [1.82, 2.24) is 4.98 Å². The average Bonchev–Trinajstić information content (AvgIpc) is 2.16. The van der Waals surface area contributed by atoms with Crippen LogP contribution < -0.4 is 5.73 Å². The Morgan fingerprint density at radius 3 is 2.64 bits per heavy atom. The highest BCUT2D eigenvalue weighted by Gasteiger charge is 2.06. The lowest BCUT2D eigenvalue weighted by molar-refractivity contribution is 0.866. The Hall–Kier alpha value is -1.57. The van der Waals surface area contributed by atoms with E-state index in [1.165, 1.54) is 0 Å². The van der Waals surface area contributed by atoms with Crippen molar-refractivity contribution in [3.8, 4) is 0 Å². The van der Waals surface area contributed by atoms with E-state index in [1.54, 1.807) is 0 Å². The molecule has 0 aliphatic heterocycles. The molecule has 0 radical (unpaired) electrons. The quantitative estimate of drug-likeness (QED) is 0.743. The lowest BCUT2D eigenvalue weighted by Crippen LogP contribution is -1.99. The van der Waals surface area contributed by atoms with Gasteiger partial charge in [0.2, 0.25) is 0 Å². The normalized spacial score (nSPS) is 11.1. The number of hydrogen-bond acceptors (Lipinski definition) is 2. The molecule has 2 aromatic rings. The third kappa shape index (κ3) is 1.43. The van der Waals surface area contributed by atoms with E-state index in [4.69, 9.17) is 5.73 Å². The molecule has 2 N–H and O–H groups in total. The van der Waals surface area contributed by atoms with E-state index in [9.17, 15) is 0 Å². The molecule has 0 bridgehead atoms. The molecule has 0 saturated heterocycles. The van der Waals surface area contributed by atoms with E-state index in [2.05, 4.69) is 31.0 Å². The zero-order valence-corrected chi connectivity index (χ0v) is 8.49. The first kappa shape index (κ1) is 9.00. The van der Waals surface area contributed by atoms with Crippen molar-refractivity contribution in [2.75, 3.05) is 5.73 Å². The summed E-state index contributed by atoms with van der Waals surface area (Å²) in [7, 11) is 0. The molecule has 1 aromatic heterocycles. The summed E-state index contributed by atoms with van der Waals surface area (Å²) in [6.07, 6.45) is 0. The molecule has 2 heteroatoms. The Balaban J connectivity index is 2.71. The first-order chi connectivity index (χ1) is 6.68. The van der Waals surface area contributed by atoms with Gasteiger partial charge in [0.05, 0.1) is 5.52 Å². The Morgan fingerprint density at radius 1 is 1.21 bits per heavy atom. The first-order valence-corrected chi connectivity index (χ1v) is 4.83. The first-order valence-electron chi connectivity index (χ1n) is 4.83. The molecule has 0 atom stereocenters. The standard InChI is InChI=1S/C12H14N2/c1-8(2)10-7-9-5-3-4-6-11(9)14-12(10)13/h3-8H,1-2H3,(H2,13,14). The topological polar surface area (TPSA) is 38.9 Å². The van der Waals surface area contributed by atoms with Gasteiger partial charge < -0.3 is 5.73 Å². The summed E-state index contributed by atoms with van der Waals surface area (Å²) < 4.78 is 0. The van der Waals surface area contributed by atoms with Gasteiger partial charge in [0.25, 0.3) is 0 Å². The molecular formula is C12H14N2. The van der Waals surface area contributed by atoms with Crippen LogP contribution >= 0.6 is 0 Å². The lowest BCUT2D eigenvalue weighted by atomic mass is 10.0. The molecule has 1 aromatic carbocycles. The number of pyridine rings is 1. The number of aromatic nitrogens is 1. The van der Waals surface area contributed by atoms with Crippen LogP contribution in [0.15, 0.2) is 30.3 Å². The van der Waals surface area contributed by atoms with E-state index in [1.807, 2.05) is 18.2 Å². The van der Waals surface area contributed by atoms with Gasteiger partial charge in [-0.3, -0.25) is 0 Å². The maximum atomic E-state index is 5.88. The zero-order valence-electron chi connectivity index (χ0n) is 8.49. The van der Waals surface area contributed by atoms with Crippen LogP contribution in [0.2, 0.25) is 0 Å². The predicted molar refractivity (Wildman–Crippen MR) is 60.2 cm³/mol. The largest absolute Gasteiger partial charge is 0.383 e. The number of nitrogens with zero attached hydrogens (tertiary/aromatic N) is 1. The number of anilines is 1. The van der Waals surface area contributed by atoms with Crippen LogP contribution in [0.25, 0.3) is 10.9 Å². The SMILES string of the molecule is CC(C)c1cc2ccccc2nc1N. The maximum absolute atomic E-state index is 5.88. The summed E-state index contributed by atoms with van der Waals surface area (Å²) in [5.41, 5.74) is 7.97. The van der Waals surface area contributed by atoms with Gasteiger partial charge in [-0.05, 0) is 23.6 Å². The average molecular weight is 186 g/mol. The van der Waals surface area contributed by atoms with Crippen molar-refractivity contribution >= 4 is 16.7 Å². The summed E-state index contributed by atoms with van der Waals surface area (Å²) in [6.45, 7) is 4.25. The van der Waals surface area contributed by atoms with Gasteiger partial charge in [-0.1, -0.05) is 32.0 Å². The monoisotopic (exact) mass is 186 g/mol. The van der Waals surface area contributed by atoms with Crippen molar-refractivity contribution in [2.45, 2.75) is 19.8 Å². The molecule has 0 unspecified atom stereocenters. The van der Waals surface area contributed by atoms with Crippen molar-refractivity contribution < 1.29 is 0 Å². The van der Waals surface area contributed by atoms with Crippen LogP contribution in [-0.2, 0) is 0 Å². The van der Waals surface area contributed by atoms with Crippen LogP contribution in [0, 0.1) is 0 Å². The van der Waals surface area contributed by atoms with Gasteiger partial charge in [-0.2, -0.15) is 0 Å². The van der Waals surface area contributed by atoms with E-state index >= 15 is 0 Å². The molecule has 2 rings (SSSR count). The molecule has 2 nitrogen and oxygen atoms in total. The molecule has 0 aliphatic carbocycles. The minimum Gasteiger partial charge on any atom is -0.383 e. The number of para-hydroxylation sites is 1. The fourth-order valence-electron chi connectivity index (χ4n) is 1.61. The smallest absolute Gasteiger partial charge is 0.127 e. The van der Waals surface area contributed by atoms with Gasteiger partial charge in [-0.15, -0.1) is 0 Å². The molecule has 0 amide bonds. The molecule has 14 heavy (non-hydrogen) atoms. The number of nitrogen functional groups attached to an aromatic ring is 1. The van der Waals surface area contributed by atoms with Gasteiger partial charge in [0, 0.05) is 5.39 Å². The Labute approximate surface area is 83.8 Å². The summed E-state index contributed by atoms with van der Waals surface area (Å²) in [5, 5.41) is 1.16. The molecule has 0 spiro atoms. The number of rotatable bonds is 1. The molecule has 0 aliphatic rings. The third-order valence-corrected chi connectivity index (χ3v) is 2.41. The van der Waals surface area contributed by atoms with Gasteiger partial charge in [0.15, 0.2) is 0 Å². The second-order valence-corrected chi connectivity index (χ2v) is 3.81. The van der Waals surface area contributed by atoms with Crippen molar-refractivity contribution in [2.24, 2.45) is 0 Å². The van der Waals surface area contributed by atoms with E-state index in [0.717, 1.165) is 16.5 Å². The minimum absolute atomic E-state index is 0.423. The second kappa shape index (κ2) is 3.29. The van der Waals surface area contributed by atoms with E-state index in [-0.39, 0.29) is 0 Å². The summed E-state index contributed by atoms with van der Waals surface area (Å²) in [4.78, 5) is 4.37. The fourth-order valence-corrected chi connectivity index (χ4v) is 1.61. The third-order valence-electron chi connectivity index (χ3n) is 2.41. The molecule has 0 saturated carbocycles. The molecule has 72 valence electrons. The highest BCUT2D eigenvalue weighted by Crippen LogP contribution is 2.24. The van der Waals surface area contributed by atoms with Crippen molar-refractivity contribution in [3.05, 3.63) is 35.9 Å². The van der Waals surface area contributed by atoms with Crippen LogP contribution in [0.3, 0.4) is 0 Å². The number of fused-ring (bicyclic) bond motifs is 1. The fraction of sp³-hybridized carbons (Fsp3) is 0.250. The van der Waals surface area contributed by atoms with Gasteiger partial charge in [0.1, 0.15) is 5.82 Å². The minimum atomic E-state index is 0.423. The van der Waals surface area contributed by atoms with Gasteiger partial charge in [-0.25, -0.2) is 4.98 Å². The highest BCUT2D eigenvalue weighted by molar-refractivity contribution is 5.81.